The molecule has 1 aromatic rings. The number of rotatable bonds is 4. The average molecular weight is 317 g/mol. The Morgan fingerprint density at radius 3 is 2.14 bits per heavy atom. The Morgan fingerprint density at radius 2 is 1.68 bits per heavy atom. The first-order valence-corrected chi connectivity index (χ1v) is 5.94. The molecule has 0 radical (unpaired) electrons. The van der Waals surface area contributed by atoms with Gasteiger partial charge >= 0.3 is 23.0 Å². The first-order valence-electron chi connectivity index (χ1n) is 5.94. The van der Waals surface area contributed by atoms with E-state index >= 15 is 0 Å². The van der Waals surface area contributed by atoms with Crippen molar-refractivity contribution in [2.24, 2.45) is 0 Å². The minimum absolute atomic E-state index is 0.0675. The molecule has 0 aliphatic heterocycles. The van der Waals surface area contributed by atoms with Crippen molar-refractivity contribution in [3.05, 3.63) is 42.6 Å². The Hall–Kier alpha value is -2.50. The summed E-state index contributed by atoms with van der Waals surface area (Å²) in [5.74, 6) is -4.39. The van der Waals surface area contributed by atoms with E-state index < -0.39 is 35.6 Å². The number of hydrogen-bond donors (Lipinski definition) is 4. The Morgan fingerprint density at radius 1 is 1.14 bits per heavy atom. The van der Waals surface area contributed by atoms with Crippen LogP contribution in [0.4, 0.5) is 0 Å². The molecule has 0 atom stereocenters. The number of carbonyl (C=O) groups excluding carboxylic acids is 1. The fourth-order valence-corrected chi connectivity index (χ4v) is 1.28. The zero-order chi connectivity index (χ0) is 17.2. The number of nitrogens with zero attached hydrogens (tertiary/aromatic N) is 2. The van der Waals surface area contributed by atoms with Crippen molar-refractivity contribution < 1.29 is 25.0 Å². The number of hydrogen-bond acceptors (Lipinski definition) is 8. The molecule has 0 saturated heterocycles. The van der Waals surface area contributed by atoms with Gasteiger partial charge in [-0.1, -0.05) is 10.3 Å². The zero-order valence-electron chi connectivity index (χ0n) is 12.0. The highest BCUT2D eigenvalue weighted by atomic mass is 16.7. The molecular weight excluding hydrogens is 302 g/mol. The third-order valence-corrected chi connectivity index (χ3v) is 2.65. The van der Waals surface area contributed by atoms with Gasteiger partial charge in [0.05, 0.1) is 0 Å². The molecule has 1 aromatic heterocycles. The van der Waals surface area contributed by atoms with E-state index in [1.165, 1.54) is 6.92 Å². The molecular formula is C11H15N3O8. The van der Waals surface area contributed by atoms with Crippen LogP contribution in [0.3, 0.4) is 0 Å². The summed E-state index contributed by atoms with van der Waals surface area (Å²) >= 11 is 0. The number of allylic oxidation sites excluding steroid dienone is 1. The molecule has 0 aromatic carbocycles. The van der Waals surface area contributed by atoms with Crippen molar-refractivity contribution >= 4 is 5.97 Å². The fraction of sp³-hybridized carbons (Fsp3) is 0.455. The molecule has 0 unspecified atom stereocenters. The van der Waals surface area contributed by atoms with Gasteiger partial charge < -0.3 is 20.2 Å². The van der Waals surface area contributed by atoms with Crippen molar-refractivity contribution in [2.45, 2.75) is 33.3 Å². The fourth-order valence-electron chi connectivity index (χ4n) is 1.28. The highest BCUT2D eigenvalue weighted by Gasteiger charge is 2.24. The quantitative estimate of drug-likeness (QED) is 0.330. The standard InChI is InChI=1S/C11H15N3O8/c1-5(2)6(3)7(15)22-14-9(17)12-8(16)13(10(14)18)4-11(19,20)21/h19-21H,4H2,1-3H3,(H,12,16,17). The van der Waals surface area contributed by atoms with E-state index in [1.54, 1.807) is 18.8 Å². The summed E-state index contributed by atoms with van der Waals surface area (Å²) in [6, 6.07) is 0. The second-order valence-electron chi connectivity index (χ2n) is 4.68. The van der Waals surface area contributed by atoms with Crippen molar-refractivity contribution in [3.8, 4) is 0 Å². The topological polar surface area (TPSA) is 164 Å². The summed E-state index contributed by atoms with van der Waals surface area (Å²) in [6.45, 7) is 3.33. The SMILES string of the molecule is CC(C)=C(C)C(=O)On1c(=O)[nH]c(=O)n(CC(O)(O)O)c1=O. The van der Waals surface area contributed by atoms with Crippen molar-refractivity contribution in [1.29, 1.82) is 0 Å². The maximum atomic E-state index is 11.9. The summed E-state index contributed by atoms with van der Waals surface area (Å²) in [4.78, 5) is 52.8. The van der Waals surface area contributed by atoms with Gasteiger partial charge in [0.15, 0.2) is 0 Å². The van der Waals surface area contributed by atoms with Crippen LogP contribution in [0.15, 0.2) is 25.5 Å². The number of nitrogens with one attached hydrogen (secondary N) is 1. The lowest BCUT2D eigenvalue weighted by Gasteiger charge is -2.15. The molecule has 11 nitrogen and oxygen atoms in total. The van der Waals surface area contributed by atoms with Crippen LogP contribution in [0.25, 0.3) is 0 Å². The van der Waals surface area contributed by atoms with Crippen LogP contribution >= 0.6 is 0 Å². The molecule has 0 aliphatic rings. The van der Waals surface area contributed by atoms with Crippen molar-refractivity contribution in [3.63, 3.8) is 0 Å². The lowest BCUT2D eigenvalue weighted by Crippen LogP contribution is -2.55. The van der Waals surface area contributed by atoms with Gasteiger partial charge in [-0.15, -0.1) is 0 Å². The van der Waals surface area contributed by atoms with Crippen LogP contribution in [-0.4, -0.2) is 41.5 Å². The normalized spacial score (nSPS) is 11.2. The second kappa shape index (κ2) is 6.09. The van der Waals surface area contributed by atoms with Gasteiger partial charge in [-0.3, -0.25) is 4.98 Å². The Bertz CT molecular complexity index is 785. The molecule has 0 bridgehead atoms. The van der Waals surface area contributed by atoms with E-state index in [0.29, 0.717) is 5.57 Å². The second-order valence-corrected chi connectivity index (χ2v) is 4.68. The Labute approximate surface area is 122 Å². The molecule has 0 aliphatic carbocycles. The van der Waals surface area contributed by atoms with Crippen LogP contribution in [0.1, 0.15) is 20.8 Å². The average Bonchev–Trinajstić information content (AvgIpc) is 2.37. The Balaban J connectivity index is 3.40. The maximum Gasteiger partial charge on any atom is 0.370 e. The predicted molar refractivity (Wildman–Crippen MR) is 70.6 cm³/mol. The largest absolute Gasteiger partial charge is 0.370 e. The number of H-pyrrole nitrogens is 1. The third kappa shape index (κ3) is 4.00. The summed E-state index contributed by atoms with van der Waals surface area (Å²) in [5.41, 5.74) is -3.42. The molecule has 0 amide bonds. The van der Waals surface area contributed by atoms with Crippen LogP contribution in [-0.2, 0) is 11.3 Å². The summed E-state index contributed by atoms with van der Waals surface area (Å²) < 4.78 is 0.00838. The first-order chi connectivity index (χ1) is 9.94. The lowest BCUT2D eigenvalue weighted by molar-refractivity contribution is -0.319. The molecule has 4 N–H and O–H groups in total. The Kier molecular flexibility index (Phi) is 4.86. The third-order valence-electron chi connectivity index (χ3n) is 2.65. The molecule has 0 spiro atoms. The van der Waals surface area contributed by atoms with Gasteiger partial charge in [-0.2, -0.15) is 0 Å². The molecule has 22 heavy (non-hydrogen) atoms. The van der Waals surface area contributed by atoms with E-state index in [0.717, 1.165) is 0 Å². The number of aliphatic hydroxyl groups is 3. The first kappa shape index (κ1) is 17.6. The van der Waals surface area contributed by atoms with E-state index in [4.69, 9.17) is 15.3 Å². The molecule has 122 valence electrons. The minimum Gasteiger partial charge on any atom is -0.342 e. The van der Waals surface area contributed by atoms with E-state index in [9.17, 15) is 19.2 Å². The van der Waals surface area contributed by atoms with Gasteiger partial charge in [0.25, 0.3) is 5.97 Å². The van der Waals surface area contributed by atoms with Crippen LogP contribution in [0.5, 0.6) is 0 Å². The van der Waals surface area contributed by atoms with E-state index in [1.807, 2.05) is 0 Å². The van der Waals surface area contributed by atoms with Gasteiger partial charge in [-0.25, -0.2) is 23.7 Å². The highest BCUT2D eigenvalue weighted by molar-refractivity contribution is 5.88. The molecule has 11 heteroatoms. The predicted octanol–water partition coefficient (Wildman–Crippen LogP) is -3.36. The highest BCUT2D eigenvalue weighted by Crippen LogP contribution is 2.01. The van der Waals surface area contributed by atoms with Gasteiger partial charge in [0.1, 0.15) is 6.54 Å². The van der Waals surface area contributed by atoms with E-state index in [-0.39, 0.29) is 14.9 Å². The van der Waals surface area contributed by atoms with Gasteiger partial charge in [0.2, 0.25) is 0 Å². The van der Waals surface area contributed by atoms with Crippen LogP contribution < -0.4 is 21.9 Å². The molecule has 0 fully saturated rings. The summed E-state index contributed by atoms with van der Waals surface area (Å²) in [6.07, 6.45) is 0. The van der Waals surface area contributed by atoms with Crippen LogP contribution in [0.2, 0.25) is 0 Å². The molecule has 0 saturated carbocycles. The van der Waals surface area contributed by atoms with Crippen LogP contribution in [0, 0.1) is 0 Å². The molecule has 1 rings (SSSR count). The summed E-state index contributed by atoms with van der Waals surface area (Å²) in [5, 5.41) is 26.5. The zero-order valence-corrected chi connectivity index (χ0v) is 12.0. The molecule has 1 heterocycles. The van der Waals surface area contributed by atoms with Crippen molar-refractivity contribution in [1.82, 2.24) is 14.3 Å². The van der Waals surface area contributed by atoms with Gasteiger partial charge in [-0.05, 0) is 20.8 Å². The smallest absolute Gasteiger partial charge is 0.342 e. The summed E-state index contributed by atoms with van der Waals surface area (Å²) in [7, 11) is 0. The van der Waals surface area contributed by atoms with Gasteiger partial charge in [0, 0.05) is 5.57 Å². The number of carbonyl (C=O) groups is 1. The van der Waals surface area contributed by atoms with Crippen molar-refractivity contribution in [2.75, 3.05) is 0 Å². The monoisotopic (exact) mass is 317 g/mol. The lowest BCUT2D eigenvalue weighted by atomic mass is 10.2. The number of aromatic amines is 1. The minimum atomic E-state index is -3.38. The van der Waals surface area contributed by atoms with E-state index in [2.05, 4.69) is 4.84 Å². The number of aromatic nitrogens is 3. The maximum absolute atomic E-state index is 11.9.